The maximum atomic E-state index is 11.9. The van der Waals surface area contributed by atoms with Crippen LogP contribution in [-0.2, 0) is 20.9 Å². The molecule has 0 radical (unpaired) electrons. The van der Waals surface area contributed by atoms with Crippen molar-refractivity contribution in [1.29, 1.82) is 0 Å². The van der Waals surface area contributed by atoms with E-state index in [1.54, 1.807) is 24.7 Å². The van der Waals surface area contributed by atoms with E-state index in [1.165, 1.54) is 0 Å². The molecule has 0 atom stereocenters. The van der Waals surface area contributed by atoms with Crippen LogP contribution >= 0.6 is 0 Å². The van der Waals surface area contributed by atoms with Crippen molar-refractivity contribution in [2.45, 2.75) is 12.5 Å². The van der Waals surface area contributed by atoms with Gasteiger partial charge in [0.2, 0.25) is 17.6 Å². The van der Waals surface area contributed by atoms with E-state index in [9.17, 15) is 4.79 Å². The molecular formula is C19H19N5O7. The van der Waals surface area contributed by atoms with E-state index in [4.69, 9.17) is 28.7 Å². The summed E-state index contributed by atoms with van der Waals surface area (Å²) in [6.07, 6.45) is 4.99. The Morgan fingerprint density at radius 1 is 1.16 bits per heavy atom. The first-order valence-corrected chi connectivity index (χ1v) is 9.14. The molecule has 1 aliphatic heterocycles. The number of rotatable bonds is 6. The van der Waals surface area contributed by atoms with E-state index in [1.807, 2.05) is 23.1 Å². The number of amides is 1. The Morgan fingerprint density at radius 3 is 2.55 bits per heavy atom. The van der Waals surface area contributed by atoms with Crippen LogP contribution in [0.4, 0.5) is 0 Å². The lowest BCUT2D eigenvalue weighted by atomic mass is 10.0. The molecule has 0 spiro atoms. The maximum Gasteiger partial charge on any atom is 0.414 e. The molecule has 1 saturated heterocycles. The van der Waals surface area contributed by atoms with Crippen molar-refractivity contribution in [3.63, 3.8) is 0 Å². The largest absolute Gasteiger partial charge is 0.473 e. The topological polar surface area (TPSA) is 172 Å². The van der Waals surface area contributed by atoms with Crippen LogP contribution in [0.25, 0.3) is 11.4 Å². The van der Waals surface area contributed by atoms with Crippen LogP contribution in [0.5, 0.6) is 0 Å². The van der Waals surface area contributed by atoms with Gasteiger partial charge < -0.3 is 24.5 Å². The summed E-state index contributed by atoms with van der Waals surface area (Å²) in [4.78, 5) is 40.6. The summed E-state index contributed by atoms with van der Waals surface area (Å²) in [5.74, 6) is -1.63. The molecule has 1 amide bonds. The minimum Gasteiger partial charge on any atom is -0.473 e. The van der Waals surface area contributed by atoms with Gasteiger partial charge in [-0.2, -0.15) is 4.98 Å². The van der Waals surface area contributed by atoms with Crippen LogP contribution in [0.15, 0.2) is 51.9 Å². The molecule has 12 nitrogen and oxygen atoms in total. The van der Waals surface area contributed by atoms with Gasteiger partial charge in [0.1, 0.15) is 5.76 Å². The van der Waals surface area contributed by atoms with Gasteiger partial charge in [0.05, 0.1) is 25.3 Å². The lowest BCUT2D eigenvalue weighted by Gasteiger charge is -2.36. The molecule has 12 heteroatoms. The number of carbonyl (C=O) groups excluding carboxylic acids is 1. The van der Waals surface area contributed by atoms with E-state index in [-0.39, 0.29) is 11.8 Å². The molecule has 162 valence electrons. The quantitative estimate of drug-likeness (QED) is 0.468. The summed E-state index contributed by atoms with van der Waals surface area (Å²) in [7, 11) is 0. The molecule has 0 aromatic carbocycles. The van der Waals surface area contributed by atoms with Crippen molar-refractivity contribution in [2.24, 2.45) is 0 Å². The van der Waals surface area contributed by atoms with E-state index < -0.39 is 11.9 Å². The molecule has 3 N–H and O–H groups in total. The normalized spacial score (nSPS) is 13.5. The van der Waals surface area contributed by atoms with Gasteiger partial charge in [-0.1, -0.05) is 5.16 Å². The molecule has 0 aliphatic carbocycles. The van der Waals surface area contributed by atoms with E-state index in [0.717, 1.165) is 24.4 Å². The van der Waals surface area contributed by atoms with Crippen molar-refractivity contribution in [3.8, 4) is 11.4 Å². The lowest BCUT2D eigenvalue weighted by Crippen LogP contribution is -2.49. The number of likely N-dealkylation sites (tertiary alicyclic amines) is 1. The average molecular weight is 429 g/mol. The Kier molecular flexibility index (Phi) is 7.06. The zero-order valence-electron chi connectivity index (χ0n) is 16.2. The highest BCUT2D eigenvalue weighted by molar-refractivity contribution is 6.27. The number of carboxylic acid groups (broad SMARTS) is 2. The Labute approximate surface area is 175 Å². The molecule has 3 aromatic rings. The third-order valence-electron chi connectivity index (χ3n) is 4.26. The predicted octanol–water partition coefficient (Wildman–Crippen LogP) is 0.596. The van der Waals surface area contributed by atoms with Gasteiger partial charge in [0.25, 0.3) is 0 Å². The molecule has 4 rings (SSSR count). The minimum absolute atomic E-state index is 0.0311. The van der Waals surface area contributed by atoms with Crippen molar-refractivity contribution < 1.29 is 33.5 Å². The second-order valence-electron chi connectivity index (χ2n) is 6.56. The second-order valence-corrected chi connectivity index (χ2v) is 6.56. The Hall–Kier alpha value is -4.06. The van der Waals surface area contributed by atoms with E-state index in [2.05, 4.69) is 20.4 Å². The smallest absolute Gasteiger partial charge is 0.414 e. The van der Waals surface area contributed by atoms with Crippen LogP contribution in [0.2, 0.25) is 0 Å². The van der Waals surface area contributed by atoms with Gasteiger partial charge in [0, 0.05) is 31.0 Å². The summed E-state index contributed by atoms with van der Waals surface area (Å²) in [6, 6.07) is 7.34. The molecular weight excluding hydrogens is 410 g/mol. The summed E-state index contributed by atoms with van der Waals surface area (Å²) in [5.41, 5.74) is 0.825. The number of aromatic nitrogens is 3. The summed E-state index contributed by atoms with van der Waals surface area (Å²) in [5, 5.41) is 21.6. The highest BCUT2D eigenvalue weighted by atomic mass is 16.5. The highest BCUT2D eigenvalue weighted by Gasteiger charge is 2.33. The van der Waals surface area contributed by atoms with Crippen molar-refractivity contribution in [2.75, 3.05) is 19.6 Å². The summed E-state index contributed by atoms with van der Waals surface area (Å²) in [6.45, 7) is 2.20. The average Bonchev–Trinajstić information content (AvgIpc) is 3.42. The summed E-state index contributed by atoms with van der Waals surface area (Å²) < 4.78 is 10.5. The first-order chi connectivity index (χ1) is 14.9. The number of nitrogens with zero attached hydrogens (tertiary/aromatic N) is 4. The third-order valence-corrected chi connectivity index (χ3v) is 4.26. The number of pyridine rings is 1. The van der Waals surface area contributed by atoms with Crippen LogP contribution in [0.1, 0.15) is 17.6 Å². The van der Waals surface area contributed by atoms with Gasteiger partial charge in [-0.3, -0.25) is 14.7 Å². The van der Waals surface area contributed by atoms with Crippen molar-refractivity contribution in [3.05, 3.63) is 54.6 Å². The number of carboxylic acids is 2. The van der Waals surface area contributed by atoms with Gasteiger partial charge in [0.15, 0.2) is 0 Å². The fourth-order valence-corrected chi connectivity index (χ4v) is 2.73. The molecule has 0 saturated carbocycles. The monoisotopic (exact) mass is 429 g/mol. The number of nitrogens with one attached hydrogen (secondary N) is 1. The first kappa shape index (κ1) is 21.6. The van der Waals surface area contributed by atoms with Crippen LogP contribution in [0, 0.1) is 0 Å². The molecule has 31 heavy (non-hydrogen) atoms. The predicted molar refractivity (Wildman–Crippen MR) is 103 cm³/mol. The van der Waals surface area contributed by atoms with Gasteiger partial charge in [-0.05, 0) is 24.3 Å². The zero-order valence-corrected chi connectivity index (χ0v) is 16.2. The van der Waals surface area contributed by atoms with Crippen molar-refractivity contribution in [1.82, 2.24) is 25.3 Å². The van der Waals surface area contributed by atoms with E-state index in [0.29, 0.717) is 24.8 Å². The van der Waals surface area contributed by atoms with Crippen LogP contribution in [0.3, 0.4) is 0 Å². The molecule has 3 aromatic heterocycles. The van der Waals surface area contributed by atoms with Crippen LogP contribution < -0.4 is 5.32 Å². The molecule has 0 unspecified atom stereocenters. The Balaban J connectivity index is 0.000000401. The standard InChI is InChI=1S/C17H17N5O3.C2H2O4/c23-15(19-8-14-4-2-6-24-14)11-22-9-13(10-22)17-20-16(21-25-17)12-3-1-5-18-7-12;3-1(4)2(5)6/h1-7,13H,8-11H2,(H,19,23);(H,3,4)(H,5,6). The number of hydrogen-bond acceptors (Lipinski definition) is 9. The lowest BCUT2D eigenvalue weighted by molar-refractivity contribution is -0.159. The zero-order chi connectivity index (χ0) is 22.2. The highest BCUT2D eigenvalue weighted by Crippen LogP contribution is 2.27. The third kappa shape index (κ3) is 6.21. The van der Waals surface area contributed by atoms with Gasteiger partial charge in [-0.15, -0.1) is 0 Å². The maximum absolute atomic E-state index is 11.9. The Morgan fingerprint density at radius 2 is 1.94 bits per heavy atom. The second kappa shape index (κ2) is 10.1. The summed E-state index contributed by atoms with van der Waals surface area (Å²) >= 11 is 0. The molecule has 4 heterocycles. The Bertz CT molecular complexity index is 1000. The fraction of sp³-hybridized carbons (Fsp3) is 0.263. The molecule has 0 bridgehead atoms. The SMILES string of the molecule is O=C(CN1CC(c2nc(-c3cccnc3)no2)C1)NCc1ccco1.O=C(O)C(=O)O. The van der Waals surface area contributed by atoms with Crippen molar-refractivity contribution >= 4 is 17.8 Å². The fourth-order valence-electron chi connectivity index (χ4n) is 2.73. The molecule has 1 fully saturated rings. The number of hydrogen-bond donors (Lipinski definition) is 3. The van der Waals surface area contributed by atoms with Gasteiger partial charge in [-0.25, -0.2) is 9.59 Å². The number of carbonyl (C=O) groups is 3. The first-order valence-electron chi connectivity index (χ1n) is 9.14. The van der Waals surface area contributed by atoms with Gasteiger partial charge >= 0.3 is 11.9 Å². The minimum atomic E-state index is -1.82. The van der Waals surface area contributed by atoms with Crippen LogP contribution in [-0.4, -0.2) is 67.7 Å². The number of aliphatic carboxylic acids is 2. The van der Waals surface area contributed by atoms with E-state index >= 15 is 0 Å². The number of furan rings is 1. The molecule has 1 aliphatic rings.